The van der Waals surface area contributed by atoms with E-state index in [1.54, 1.807) is 7.11 Å². The standard InChI is InChI=1S/C25H50O3/c1-3-4-5-6-7-8-9-10-11-12-13-14-15-16-17-18-19-20-21-22-24(28-2)23-25(26)27/h24H,3-23H2,1-2H3,(H,26,27)/t24-/m0/s1. The smallest absolute Gasteiger partial charge is 0.305 e. The number of hydrogen-bond donors (Lipinski definition) is 1. The fourth-order valence-electron chi connectivity index (χ4n) is 3.95. The summed E-state index contributed by atoms with van der Waals surface area (Å²) in [5, 5.41) is 8.79. The minimum Gasteiger partial charge on any atom is -0.481 e. The van der Waals surface area contributed by atoms with Crippen molar-refractivity contribution in [2.24, 2.45) is 0 Å². The Labute approximate surface area is 176 Å². The van der Waals surface area contributed by atoms with Crippen molar-refractivity contribution >= 4 is 5.97 Å². The SMILES string of the molecule is CCCCCCCCCCCCCCCCCCCCC[C@@H](CC(=O)O)OC. The van der Waals surface area contributed by atoms with Gasteiger partial charge in [0.25, 0.3) is 0 Å². The second kappa shape index (κ2) is 22.7. The van der Waals surface area contributed by atoms with Gasteiger partial charge in [0.05, 0.1) is 12.5 Å². The Morgan fingerprint density at radius 1 is 0.643 bits per heavy atom. The van der Waals surface area contributed by atoms with Gasteiger partial charge in [-0.1, -0.05) is 129 Å². The lowest BCUT2D eigenvalue weighted by atomic mass is 10.0. The van der Waals surface area contributed by atoms with E-state index in [9.17, 15) is 4.79 Å². The predicted molar refractivity (Wildman–Crippen MR) is 121 cm³/mol. The Morgan fingerprint density at radius 3 is 1.25 bits per heavy atom. The first-order valence-electron chi connectivity index (χ1n) is 12.4. The molecule has 3 heteroatoms. The van der Waals surface area contributed by atoms with Gasteiger partial charge in [-0.25, -0.2) is 0 Å². The molecule has 0 radical (unpaired) electrons. The highest BCUT2D eigenvalue weighted by molar-refractivity contribution is 5.67. The predicted octanol–water partition coefficient (Wildman–Crippen LogP) is 8.30. The van der Waals surface area contributed by atoms with Crippen LogP contribution in [0.1, 0.15) is 142 Å². The molecule has 168 valence electrons. The Kier molecular flexibility index (Phi) is 22.3. The molecule has 0 aliphatic carbocycles. The number of methoxy groups -OCH3 is 1. The van der Waals surface area contributed by atoms with Crippen molar-refractivity contribution in [1.82, 2.24) is 0 Å². The van der Waals surface area contributed by atoms with Gasteiger partial charge in [0, 0.05) is 7.11 Å². The third-order valence-electron chi connectivity index (χ3n) is 5.87. The number of aliphatic carboxylic acids is 1. The quantitative estimate of drug-likeness (QED) is 0.176. The van der Waals surface area contributed by atoms with E-state index in [0.717, 1.165) is 12.8 Å². The molecule has 0 aromatic carbocycles. The van der Waals surface area contributed by atoms with E-state index in [0.29, 0.717) is 0 Å². The Hall–Kier alpha value is -0.570. The number of ether oxygens (including phenoxy) is 1. The third kappa shape index (κ3) is 21.7. The van der Waals surface area contributed by atoms with Crippen LogP contribution in [0, 0.1) is 0 Å². The van der Waals surface area contributed by atoms with Gasteiger partial charge in [-0.15, -0.1) is 0 Å². The highest BCUT2D eigenvalue weighted by atomic mass is 16.5. The maximum absolute atomic E-state index is 10.7. The van der Waals surface area contributed by atoms with E-state index in [1.165, 1.54) is 116 Å². The van der Waals surface area contributed by atoms with Gasteiger partial charge < -0.3 is 9.84 Å². The van der Waals surface area contributed by atoms with Gasteiger partial charge >= 0.3 is 5.97 Å². The molecular formula is C25H50O3. The van der Waals surface area contributed by atoms with Crippen molar-refractivity contribution < 1.29 is 14.6 Å². The van der Waals surface area contributed by atoms with Gasteiger partial charge in [0.2, 0.25) is 0 Å². The van der Waals surface area contributed by atoms with E-state index in [2.05, 4.69) is 6.92 Å². The fourth-order valence-corrected chi connectivity index (χ4v) is 3.95. The second-order valence-electron chi connectivity index (χ2n) is 8.61. The van der Waals surface area contributed by atoms with Gasteiger partial charge in [0.15, 0.2) is 0 Å². The first-order valence-corrected chi connectivity index (χ1v) is 12.4. The molecule has 3 nitrogen and oxygen atoms in total. The van der Waals surface area contributed by atoms with E-state index < -0.39 is 5.97 Å². The molecule has 0 saturated carbocycles. The summed E-state index contributed by atoms with van der Waals surface area (Å²) in [6.07, 6.45) is 27.2. The van der Waals surface area contributed by atoms with Crippen LogP contribution in [0.2, 0.25) is 0 Å². The molecule has 0 heterocycles. The summed E-state index contributed by atoms with van der Waals surface area (Å²) in [5.74, 6) is -0.760. The largest absolute Gasteiger partial charge is 0.481 e. The van der Waals surface area contributed by atoms with Crippen LogP contribution < -0.4 is 0 Å². The summed E-state index contributed by atoms with van der Waals surface area (Å²) in [5.41, 5.74) is 0. The summed E-state index contributed by atoms with van der Waals surface area (Å²) in [6, 6.07) is 0. The highest BCUT2D eigenvalue weighted by Gasteiger charge is 2.11. The molecule has 0 aliphatic rings. The number of hydrogen-bond acceptors (Lipinski definition) is 2. The average molecular weight is 399 g/mol. The zero-order valence-electron chi connectivity index (χ0n) is 19.2. The highest BCUT2D eigenvalue weighted by Crippen LogP contribution is 2.15. The first-order chi connectivity index (χ1) is 13.7. The monoisotopic (exact) mass is 398 g/mol. The fraction of sp³-hybridized carbons (Fsp3) is 0.960. The van der Waals surface area contributed by atoms with Gasteiger partial charge in [-0.2, -0.15) is 0 Å². The zero-order chi connectivity index (χ0) is 20.7. The number of unbranched alkanes of at least 4 members (excludes halogenated alkanes) is 18. The lowest BCUT2D eigenvalue weighted by Crippen LogP contribution is -2.15. The lowest BCUT2D eigenvalue weighted by molar-refractivity contribution is -0.139. The number of carboxylic acids is 1. The summed E-state index contributed by atoms with van der Waals surface area (Å²) in [6.45, 7) is 2.28. The van der Waals surface area contributed by atoms with Crippen LogP contribution in [0.15, 0.2) is 0 Å². The molecule has 0 unspecified atom stereocenters. The van der Waals surface area contributed by atoms with E-state index in [-0.39, 0.29) is 12.5 Å². The maximum atomic E-state index is 10.7. The zero-order valence-corrected chi connectivity index (χ0v) is 19.2. The molecule has 0 bridgehead atoms. The Morgan fingerprint density at radius 2 is 0.964 bits per heavy atom. The summed E-state index contributed by atoms with van der Waals surface area (Å²) in [4.78, 5) is 10.7. The van der Waals surface area contributed by atoms with E-state index in [1.807, 2.05) is 0 Å². The normalized spacial score (nSPS) is 12.4. The Bertz CT molecular complexity index is 317. The van der Waals surface area contributed by atoms with Crippen LogP contribution in [-0.2, 0) is 9.53 Å². The van der Waals surface area contributed by atoms with Crippen molar-refractivity contribution in [3.05, 3.63) is 0 Å². The molecular weight excluding hydrogens is 348 g/mol. The van der Waals surface area contributed by atoms with E-state index >= 15 is 0 Å². The minimum atomic E-state index is -0.760. The molecule has 0 saturated heterocycles. The van der Waals surface area contributed by atoms with Gasteiger partial charge in [-0.05, 0) is 6.42 Å². The van der Waals surface area contributed by atoms with Crippen molar-refractivity contribution in [3.63, 3.8) is 0 Å². The summed E-state index contributed by atoms with van der Waals surface area (Å²) in [7, 11) is 1.61. The molecule has 0 aromatic heterocycles. The molecule has 0 aliphatic heterocycles. The molecule has 0 aromatic rings. The van der Waals surface area contributed by atoms with Crippen LogP contribution in [0.5, 0.6) is 0 Å². The lowest BCUT2D eigenvalue weighted by Gasteiger charge is -2.12. The Balaban J connectivity index is 3.13. The van der Waals surface area contributed by atoms with Crippen LogP contribution in [0.25, 0.3) is 0 Å². The van der Waals surface area contributed by atoms with Crippen molar-refractivity contribution in [1.29, 1.82) is 0 Å². The minimum absolute atomic E-state index is 0.108. The third-order valence-corrected chi connectivity index (χ3v) is 5.87. The molecule has 1 atom stereocenters. The summed E-state index contributed by atoms with van der Waals surface area (Å²) >= 11 is 0. The van der Waals surface area contributed by atoms with Crippen LogP contribution in [0.4, 0.5) is 0 Å². The molecule has 1 N–H and O–H groups in total. The average Bonchev–Trinajstić information content (AvgIpc) is 2.68. The van der Waals surface area contributed by atoms with Gasteiger partial charge in [0.1, 0.15) is 0 Å². The number of rotatable bonds is 23. The maximum Gasteiger partial charge on any atom is 0.305 e. The number of carbonyl (C=O) groups is 1. The molecule has 0 rings (SSSR count). The topological polar surface area (TPSA) is 46.5 Å². The molecule has 0 amide bonds. The first kappa shape index (κ1) is 27.4. The molecule has 0 spiro atoms. The number of carboxylic acid groups (broad SMARTS) is 1. The molecule has 28 heavy (non-hydrogen) atoms. The van der Waals surface area contributed by atoms with Crippen LogP contribution in [-0.4, -0.2) is 24.3 Å². The second-order valence-corrected chi connectivity index (χ2v) is 8.61. The molecule has 0 fully saturated rings. The van der Waals surface area contributed by atoms with Crippen LogP contribution >= 0.6 is 0 Å². The van der Waals surface area contributed by atoms with Crippen molar-refractivity contribution in [2.45, 2.75) is 148 Å². The summed E-state index contributed by atoms with van der Waals surface area (Å²) < 4.78 is 5.22. The van der Waals surface area contributed by atoms with Crippen molar-refractivity contribution in [3.8, 4) is 0 Å². The van der Waals surface area contributed by atoms with Crippen LogP contribution in [0.3, 0.4) is 0 Å². The van der Waals surface area contributed by atoms with Crippen molar-refractivity contribution in [2.75, 3.05) is 7.11 Å². The van der Waals surface area contributed by atoms with E-state index in [4.69, 9.17) is 9.84 Å². The van der Waals surface area contributed by atoms with Gasteiger partial charge in [-0.3, -0.25) is 4.79 Å².